The van der Waals surface area contributed by atoms with Gasteiger partial charge in [0.05, 0.1) is 0 Å². The third-order valence-electron chi connectivity index (χ3n) is 4.53. The Kier molecular flexibility index (Phi) is 3.71. The number of ether oxygens (including phenoxy) is 2. The third kappa shape index (κ3) is 3.38. The van der Waals surface area contributed by atoms with Crippen molar-refractivity contribution in [1.82, 2.24) is 9.80 Å². The zero-order valence-corrected chi connectivity index (χ0v) is 13.1. The highest BCUT2D eigenvalue weighted by atomic mass is 19.3. The Morgan fingerprint density at radius 3 is 2.58 bits per heavy atom. The maximum Gasteiger partial charge on any atom is 0.586 e. The molecule has 0 spiro atoms. The summed E-state index contributed by atoms with van der Waals surface area (Å²) < 4.78 is 34.7. The normalized spacial score (nSPS) is 22.5. The van der Waals surface area contributed by atoms with Crippen LogP contribution in [0.15, 0.2) is 18.2 Å². The maximum absolute atomic E-state index is 13.0. The van der Waals surface area contributed by atoms with Crippen LogP contribution in [0.25, 0.3) is 0 Å². The SMILES string of the molecule is O=C(Nc1ccc2c(c1)OC(F)(F)O2)N1CCN(CC2CC2)CC1. The van der Waals surface area contributed by atoms with Crippen molar-refractivity contribution in [3.8, 4) is 11.5 Å². The summed E-state index contributed by atoms with van der Waals surface area (Å²) >= 11 is 0. The van der Waals surface area contributed by atoms with Gasteiger partial charge in [0.1, 0.15) is 0 Å². The summed E-state index contributed by atoms with van der Waals surface area (Å²) in [5, 5.41) is 2.72. The first-order valence-electron chi connectivity index (χ1n) is 8.17. The number of anilines is 1. The summed E-state index contributed by atoms with van der Waals surface area (Å²) in [7, 11) is 0. The third-order valence-corrected chi connectivity index (χ3v) is 4.53. The molecule has 8 heteroatoms. The Morgan fingerprint density at radius 1 is 1.17 bits per heavy atom. The van der Waals surface area contributed by atoms with Crippen molar-refractivity contribution >= 4 is 11.7 Å². The molecule has 2 aliphatic heterocycles. The minimum atomic E-state index is -3.65. The number of carbonyl (C=O) groups excluding carboxylic acids is 1. The van der Waals surface area contributed by atoms with E-state index in [1.54, 1.807) is 4.90 Å². The summed E-state index contributed by atoms with van der Waals surface area (Å²) in [6, 6.07) is 3.99. The molecule has 2 amide bonds. The van der Waals surface area contributed by atoms with Crippen LogP contribution in [0.3, 0.4) is 0 Å². The number of halogens is 2. The Morgan fingerprint density at radius 2 is 1.88 bits per heavy atom. The molecule has 6 nitrogen and oxygen atoms in total. The van der Waals surface area contributed by atoms with Crippen LogP contribution in [-0.4, -0.2) is 54.8 Å². The minimum absolute atomic E-state index is 0.0355. The lowest BCUT2D eigenvalue weighted by Crippen LogP contribution is -2.50. The fourth-order valence-electron chi connectivity index (χ4n) is 3.03. The molecule has 130 valence electrons. The van der Waals surface area contributed by atoms with Gasteiger partial charge in [-0.05, 0) is 30.9 Å². The average Bonchev–Trinajstić information content (AvgIpc) is 3.28. The van der Waals surface area contributed by atoms with Crippen molar-refractivity contribution in [3.05, 3.63) is 18.2 Å². The molecule has 2 fully saturated rings. The number of fused-ring (bicyclic) bond motifs is 1. The number of amides is 2. The van der Waals surface area contributed by atoms with Gasteiger partial charge >= 0.3 is 12.3 Å². The second-order valence-corrected chi connectivity index (χ2v) is 6.49. The lowest BCUT2D eigenvalue weighted by molar-refractivity contribution is -0.286. The van der Waals surface area contributed by atoms with E-state index in [4.69, 9.17) is 0 Å². The molecule has 3 aliphatic rings. The molecule has 1 aromatic carbocycles. The molecule has 0 aromatic heterocycles. The van der Waals surface area contributed by atoms with Gasteiger partial charge in [-0.2, -0.15) is 0 Å². The smallest absolute Gasteiger partial charge is 0.395 e. The number of piperazine rings is 1. The Labute approximate surface area is 138 Å². The Bertz CT molecular complexity index is 643. The quantitative estimate of drug-likeness (QED) is 0.920. The van der Waals surface area contributed by atoms with E-state index in [0.717, 1.165) is 25.6 Å². The lowest BCUT2D eigenvalue weighted by Gasteiger charge is -2.34. The first-order chi connectivity index (χ1) is 11.5. The van der Waals surface area contributed by atoms with E-state index in [0.29, 0.717) is 18.8 Å². The van der Waals surface area contributed by atoms with Gasteiger partial charge in [0.15, 0.2) is 11.5 Å². The molecule has 1 aromatic rings. The Hall–Kier alpha value is -2.09. The number of hydrogen-bond donors (Lipinski definition) is 1. The standard InChI is InChI=1S/C16H19F2N3O3/c17-16(18)23-13-4-3-12(9-14(13)24-16)19-15(22)21-7-5-20(6-8-21)10-11-1-2-11/h3-4,9,11H,1-2,5-8,10H2,(H,19,22). The fourth-order valence-corrected chi connectivity index (χ4v) is 3.03. The van der Waals surface area contributed by atoms with E-state index in [-0.39, 0.29) is 17.5 Å². The van der Waals surface area contributed by atoms with Crippen LogP contribution in [0.1, 0.15) is 12.8 Å². The number of nitrogens with zero attached hydrogens (tertiary/aromatic N) is 2. The predicted molar refractivity (Wildman–Crippen MR) is 82.4 cm³/mol. The van der Waals surface area contributed by atoms with E-state index < -0.39 is 6.29 Å². The number of rotatable bonds is 3. The molecule has 4 rings (SSSR count). The predicted octanol–water partition coefficient (Wildman–Crippen LogP) is 2.57. The van der Waals surface area contributed by atoms with Gasteiger partial charge in [0.2, 0.25) is 0 Å². The number of carbonyl (C=O) groups is 1. The number of urea groups is 1. The van der Waals surface area contributed by atoms with Gasteiger partial charge in [0, 0.05) is 44.5 Å². The second kappa shape index (κ2) is 5.77. The van der Waals surface area contributed by atoms with Crippen LogP contribution < -0.4 is 14.8 Å². The largest absolute Gasteiger partial charge is 0.586 e. The van der Waals surface area contributed by atoms with Crippen LogP contribution in [0.4, 0.5) is 19.3 Å². The molecular formula is C16H19F2N3O3. The van der Waals surface area contributed by atoms with Crippen LogP contribution in [-0.2, 0) is 0 Å². The number of alkyl halides is 2. The van der Waals surface area contributed by atoms with Crippen LogP contribution in [0.2, 0.25) is 0 Å². The molecule has 0 bridgehead atoms. The summed E-state index contributed by atoms with van der Waals surface area (Å²) in [6.45, 7) is 4.21. The maximum atomic E-state index is 13.0. The van der Waals surface area contributed by atoms with Gasteiger partial charge in [0.25, 0.3) is 0 Å². The summed E-state index contributed by atoms with van der Waals surface area (Å²) in [4.78, 5) is 16.4. The van der Waals surface area contributed by atoms with Crippen molar-refractivity contribution in [2.75, 3.05) is 38.0 Å². The van der Waals surface area contributed by atoms with Crippen molar-refractivity contribution in [3.63, 3.8) is 0 Å². The van der Waals surface area contributed by atoms with E-state index >= 15 is 0 Å². The molecule has 0 unspecified atom stereocenters. The molecular weight excluding hydrogens is 320 g/mol. The van der Waals surface area contributed by atoms with Crippen molar-refractivity contribution in [2.24, 2.45) is 5.92 Å². The molecule has 2 heterocycles. The molecule has 0 radical (unpaired) electrons. The molecule has 1 aliphatic carbocycles. The molecule has 1 saturated carbocycles. The topological polar surface area (TPSA) is 54.0 Å². The molecule has 1 N–H and O–H groups in total. The van der Waals surface area contributed by atoms with E-state index in [2.05, 4.69) is 19.7 Å². The van der Waals surface area contributed by atoms with Gasteiger partial charge < -0.3 is 19.7 Å². The molecule has 24 heavy (non-hydrogen) atoms. The molecule has 0 atom stereocenters. The zero-order chi connectivity index (χ0) is 16.7. The van der Waals surface area contributed by atoms with Gasteiger partial charge in [-0.1, -0.05) is 0 Å². The highest BCUT2D eigenvalue weighted by Gasteiger charge is 2.43. The van der Waals surface area contributed by atoms with Crippen LogP contribution in [0, 0.1) is 5.92 Å². The molecule has 1 saturated heterocycles. The minimum Gasteiger partial charge on any atom is -0.395 e. The summed E-state index contributed by atoms with van der Waals surface area (Å²) in [5.41, 5.74) is 0.403. The highest BCUT2D eigenvalue weighted by molar-refractivity contribution is 5.89. The van der Waals surface area contributed by atoms with Gasteiger partial charge in [-0.15, -0.1) is 8.78 Å². The average molecular weight is 339 g/mol. The first kappa shape index (κ1) is 15.4. The zero-order valence-electron chi connectivity index (χ0n) is 13.1. The van der Waals surface area contributed by atoms with Crippen molar-refractivity contribution < 1.29 is 23.0 Å². The van der Waals surface area contributed by atoms with Gasteiger partial charge in [-0.3, -0.25) is 4.90 Å². The number of benzene rings is 1. The van der Waals surface area contributed by atoms with E-state index in [9.17, 15) is 13.6 Å². The lowest BCUT2D eigenvalue weighted by atomic mass is 10.2. The first-order valence-corrected chi connectivity index (χ1v) is 8.17. The van der Waals surface area contributed by atoms with E-state index in [1.165, 1.54) is 31.0 Å². The fraction of sp³-hybridized carbons (Fsp3) is 0.562. The Balaban J connectivity index is 1.32. The second-order valence-electron chi connectivity index (χ2n) is 6.49. The van der Waals surface area contributed by atoms with Crippen molar-refractivity contribution in [2.45, 2.75) is 19.1 Å². The van der Waals surface area contributed by atoms with Crippen LogP contribution >= 0.6 is 0 Å². The number of hydrogen-bond acceptors (Lipinski definition) is 4. The summed E-state index contributed by atoms with van der Waals surface area (Å²) in [5.74, 6) is 0.732. The van der Waals surface area contributed by atoms with Crippen LogP contribution in [0.5, 0.6) is 11.5 Å². The van der Waals surface area contributed by atoms with Crippen molar-refractivity contribution in [1.29, 1.82) is 0 Å². The summed E-state index contributed by atoms with van der Waals surface area (Å²) in [6.07, 6.45) is -1.00. The monoisotopic (exact) mass is 339 g/mol. The van der Waals surface area contributed by atoms with E-state index in [1.807, 2.05) is 0 Å². The van der Waals surface area contributed by atoms with Gasteiger partial charge in [-0.25, -0.2) is 4.79 Å². The number of nitrogens with one attached hydrogen (secondary N) is 1. The highest BCUT2D eigenvalue weighted by Crippen LogP contribution is 2.42.